The van der Waals surface area contributed by atoms with E-state index in [-0.39, 0.29) is 5.91 Å². The number of hydrogen-bond acceptors (Lipinski definition) is 3. The maximum atomic E-state index is 11.9. The largest absolute Gasteiger partial charge is 0.342 e. The van der Waals surface area contributed by atoms with Crippen molar-refractivity contribution in [2.45, 2.75) is 31.8 Å². The molecule has 0 aromatic heterocycles. The van der Waals surface area contributed by atoms with Gasteiger partial charge in [0, 0.05) is 32.2 Å². The van der Waals surface area contributed by atoms with Crippen LogP contribution >= 0.6 is 0 Å². The number of likely N-dealkylation sites (N-methyl/N-ethyl adjacent to an activating group) is 2. The van der Waals surface area contributed by atoms with Crippen LogP contribution in [0.5, 0.6) is 0 Å². The van der Waals surface area contributed by atoms with Crippen LogP contribution < -0.4 is 5.32 Å². The molecule has 1 saturated carbocycles. The third-order valence-corrected chi connectivity index (χ3v) is 3.51. The van der Waals surface area contributed by atoms with Crippen molar-refractivity contribution in [2.75, 3.05) is 33.2 Å². The summed E-state index contributed by atoms with van der Waals surface area (Å²) in [6.07, 6.45) is 2.39. The van der Waals surface area contributed by atoms with Crippen LogP contribution in [-0.4, -0.2) is 61.0 Å². The maximum absolute atomic E-state index is 11.9. The van der Waals surface area contributed by atoms with Crippen molar-refractivity contribution in [1.29, 1.82) is 0 Å². The quantitative estimate of drug-likeness (QED) is 0.690. The van der Waals surface area contributed by atoms with Gasteiger partial charge < -0.3 is 10.2 Å². The molecule has 0 spiro atoms. The van der Waals surface area contributed by atoms with E-state index in [0.29, 0.717) is 18.6 Å². The van der Waals surface area contributed by atoms with Gasteiger partial charge in [-0.15, -0.1) is 0 Å². The molecule has 1 N–H and O–H groups in total. The fraction of sp³-hybridized carbons (Fsp3) is 0.909. The van der Waals surface area contributed by atoms with Gasteiger partial charge in [0.2, 0.25) is 5.91 Å². The monoisotopic (exact) mass is 211 g/mol. The lowest BCUT2D eigenvalue weighted by Crippen LogP contribution is -2.58. The molecule has 0 radical (unpaired) electrons. The molecular weight excluding hydrogens is 190 g/mol. The lowest BCUT2D eigenvalue weighted by molar-refractivity contribution is -0.132. The van der Waals surface area contributed by atoms with E-state index in [1.807, 2.05) is 11.9 Å². The molecule has 0 aromatic carbocycles. The van der Waals surface area contributed by atoms with Gasteiger partial charge in [-0.2, -0.15) is 0 Å². The number of nitrogens with one attached hydrogen (secondary N) is 1. The fourth-order valence-electron chi connectivity index (χ4n) is 1.98. The molecule has 4 heteroatoms. The summed E-state index contributed by atoms with van der Waals surface area (Å²) >= 11 is 0. The highest BCUT2D eigenvalue weighted by molar-refractivity contribution is 5.78. The standard InChI is InChI=1S/C11H21N3O/c1-3-14(10-6-12-7-10)8-11(15)13(2)9-4-5-9/h9-10,12H,3-8H2,1-2H3. The zero-order valence-electron chi connectivity index (χ0n) is 9.70. The van der Waals surface area contributed by atoms with Crippen molar-refractivity contribution in [3.63, 3.8) is 0 Å². The number of carbonyl (C=O) groups is 1. The molecule has 0 bridgehead atoms. The molecule has 2 rings (SSSR count). The first kappa shape index (κ1) is 10.9. The molecule has 2 aliphatic rings. The Morgan fingerprint density at radius 1 is 1.33 bits per heavy atom. The summed E-state index contributed by atoms with van der Waals surface area (Å²) in [5.74, 6) is 0.284. The van der Waals surface area contributed by atoms with Gasteiger partial charge in [-0.3, -0.25) is 9.69 Å². The summed E-state index contributed by atoms with van der Waals surface area (Å²) in [7, 11) is 1.94. The van der Waals surface area contributed by atoms with Crippen molar-refractivity contribution in [3.8, 4) is 0 Å². The number of amides is 1. The Balaban J connectivity index is 1.79. The highest BCUT2D eigenvalue weighted by Crippen LogP contribution is 2.25. The minimum atomic E-state index is 0.284. The number of carbonyl (C=O) groups excluding carboxylic acids is 1. The van der Waals surface area contributed by atoms with E-state index in [4.69, 9.17) is 0 Å². The number of nitrogens with zero attached hydrogens (tertiary/aromatic N) is 2. The SMILES string of the molecule is CCN(CC(=O)N(C)C1CC1)C1CNC1. The molecule has 15 heavy (non-hydrogen) atoms. The Kier molecular flexibility index (Phi) is 3.26. The minimum Gasteiger partial charge on any atom is -0.342 e. The van der Waals surface area contributed by atoms with E-state index in [1.54, 1.807) is 0 Å². The van der Waals surface area contributed by atoms with Crippen LogP contribution in [-0.2, 0) is 4.79 Å². The predicted molar refractivity (Wildman–Crippen MR) is 59.7 cm³/mol. The molecule has 1 saturated heterocycles. The fourth-order valence-corrected chi connectivity index (χ4v) is 1.98. The summed E-state index contributed by atoms with van der Waals surface area (Å²) in [5, 5.41) is 3.25. The van der Waals surface area contributed by atoms with Crippen molar-refractivity contribution in [3.05, 3.63) is 0 Å². The van der Waals surface area contributed by atoms with E-state index < -0.39 is 0 Å². The molecule has 0 aromatic rings. The van der Waals surface area contributed by atoms with Gasteiger partial charge in [0.15, 0.2) is 0 Å². The smallest absolute Gasteiger partial charge is 0.236 e. The average Bonchev–Trinajstić information content (AvgIpc) is 2.95. The predicted octanol–water partition coefficient (Wildman–Crippen LogP) is -0.0991. The molecule has 0 unspecified atom stereocenters. The van der Waals surface area contributed by atoms with Crippen LogP contribution in [0.4, 0.5) is 0 Å². The van der Waals surface area contributed by atoms with Crippen molar-refractivity contribution in [1.82, 2.24) is 15.1 Å². The second-order valence-electron chi connectivity index (χ2n) is 4.61. The topological polar surface area (TPSA) is 35.6 Å². The highest BCUT2D eigenvalue weighted by Gasteiger charge is 2.31. The van der Waals surface area contributed by atoms with Crippen molar-refractivity contribution >= 4 is 5.91 Å². The Hall–Kier alpha value is -0.610. The second kappa shape index (κ2) is 4.49. The Morgan fingerprint density at radius 3 is 2.40 bits per heavy atom. The van der Waals surface area contributed by atoms with Crippen LogP contribution in [0.25, 0.3) is 0 Å². The second-order valence-corrected chi connectivity index (χ2v) is 4.61. The summed E-state index contributed by atoms with van der Waals surface area (Å²) in [5.41, 5.74) is 0. The van der Waals surface area contributed by atoms with Gasteiger partial charge in [-0.05, 0) is 19.4 Å². The molecule has 0 atom stereocenters. The molecule has 2 fully saturated rings. The Morgan fingerprint density at radius 2 is 2.00 bits per heavy atom. The Labute approximate surface area is 91.6 Å². The maximum Gasteiger partial charge on any atom is 0.236 e. The van der Waals surface area contributed by atoms with Crippen molar-refractivity contribution < 1.29 is 4.79 Å². The lowest BCUT2D eigenvalue weighted by Gasteiger charge is -2.37. The number of hydrogen-bond donors (Lipinski definition) is 1. The van der Waals surface area contributed by atoms with Gasteiger partial charge in [0.1, 0.15) is 0 Å². The van der Waals surface area contributed by atoms with Gasteiger partial charge in [-0.1, -0.05) is 6.92 Å². The molecule has 1 aliphatic carbocycles. The van der Waals surface area contributed by atoms with Gasteiger partial charge >= 0.3 is 0 Å². The summed E-state index contributed by atoms with van der Waals surface area (Å²) in [6.45, 7) is 5.76. The van der Waals surface area contributed by atoms with E-state index in [1.165, 1.54) is 12.8 Å². The summed E-state index contributed by atoms with van der Waals surface area (Å²) in [6, 6.07) is 1.11. The molecule has 1 heterocycles. The van der Waals surface area contributed by atoms with Gasteiger partial charge in [0.25, 0.3) is 0 Å². The van der Waals surface area contributed by atoms with Crippen molar-refractivity contribution in [2.24, 2.45) is 0 Å². The van der Waals surface area contributed by atoms with Crippen LogP contribution in [0.15, 0.2) is 0 Å². The van der Waals surface area contributed by atoms with Crippen LogP contribution in [0, 0.1) is 0 Å². The van der Waals surface area contributed by atoms with E-state index in [0.717, 1.165) is 19.6 Å². The van der Waals surface area contributed by atoms with Crippen LogP contribution in [0.3, 0.4) is 0 Å². The first-order chi connectivity index (χ1) is 7.22. The minimum absolute atomic E-state index is 0.284. The zero-order valence-corrected chi connectivity index (χ0v) is 9.70. The average molecular weight is 211 g/mol. The highest BCUT2D eigenvalue weighted by atomic mass is 16.2. The molecule has 4 nitrogen and oxygen atoms in total. The number of rotatable bonds is 5. The third-order valence-electron chi connectivity index (χ3n) is 3.51. The Bertz CT molecular complexity index is 236. The first-order valence-electron chi connectivity index (χ1n) is 5.92. The van der Waals surface area contributed by atoms with Crippen LogP contribution in [0.2, 0.25) is 0 Å². The van der Waals surface area contributed by atoms with E-state index in [2.05, 4.69) is 17.1 Å². The normalized spacial score (nSPS) is 21.5. The first-order valence-corrected chi connectivity index (χ1v) is 5.92. The lowest BCUT2D eigenvalue weighted by atomic mass is 10.1. The molecule has 1 aliphatic heterocycles. The zero-order chi connectivity index (χ0) is 10.8. The van der Waals surface area contributed by atoms with Gasteiger partial charge in [0.05, 0.1) is 6.54 Å². The third kappa shape index (κ3) is 2.49. The molecule has 1 amide bonds. The van der Waals surface area contributed by atoms with E-state index >= 15 is 0 Å². The summed E-state index contributed by atoms with van der Waals surface area (Å²) in [4.78, 5) is 16.1. The van der Waals surface area contributed by atoms with E-state index in [9.17, 15) is 4.79 Å². The van der Waals surface area contributed by atoms with Crippen LogP contribution in [0.1, 0.15) is 19.8 Å². The molecule has 86 valence electrons. The summed E-state index contributed by atoms with van der Waals surface area (Å²) < 4.78 is 0. The van der Waals surface area contributed by atoms with Gasteiger partial charge in [-0.25, -0.2) is 0 Å². The molecular formula is C11H21N3O.